The minimum absolute atomic E-state index is 0.264. The van der Waals surface area contributed by atoms with Crippen LogP contribution in [0.4, 0.5) is 0 Å². The van der Waals surface area contributed by atoms with Crippen LogP contribution in [0.5, 0.6) is 0 Å². The summed E-state index contributed by atoms with van der Waals surface area (Å²) in [7, 11) is 0. The first-order chi connectivity index (χ1) is 8.27. The molecule has 2 aromatic rings. The van der Waals surface area contributed by atoms with E-state index in [0.29, 0.717) is 11.1 Å². The Kier molecular flexibility index (Phi) is 3.36. The molecule has 2 rings (SSSR count). The van der Waals surface area contributed by atoms with Gasteiger partial charge in [-0.1, -0.05) is 60.7 Å². The molecule has 0 spiro atoms. The molecule has 0 aliphatic rings. The van der Waals surface area contributed by atoms with Crippen molar-refractivity contribution in [2.45, 2.75) is 0 Å². The van der Waals surface area contributed by atoms with Crippen molar-refractivity contribution < 1.29 is 9.90 Å². The number of hydrogen-bond donors (Lipinski definition) is 0. The zero-order valence-corrected chi connectivity index (χ0v) is 9.17. The summed E-state index contributed by atoms with van der Waals surface area (Å²) in [4.78, 5) is 11.8. The molecule has 1 radical (unpaired) electrons. The normalized spacial score (nSPS) is 11.2. The number of ketones is 1. The summed E-state index contributed by atoms with van der Waals surface area (Å²) in [6, 6.07) is 17.5. The fourth-order valence-electron chi connectivity index (χ4n) is 1.49. The summed E-state index contributed by atoms with van der Waals surface area (Å²) < 4.78 is 0. The first-order valence-corrected chi connectivity index (χ1v) is 5.31. The van der Waals surface area contributed by atoms with E-state index in [1.807, 2.05) is 12.1 Å². The van der Waals surface area contributed by atoms with Gasteiger partial charge in [0.25, 0.3) is 0 Å². The molecular weight excluding hydrogens is 212 g/mol. The van der Waals surface area contributed by atoms with E-state index in [4.69, 9.17) is 0 Å². The number of allylic oxidation sites excluding steroid dienone is 1. The van der Waals surface area contributed by atoms with Crippen LogP contribution in [-0.4, -0.2) is 5.78 Å². The Labute approximate surface area is 99.8 Å². The maximum absolute atomic E-state index is 11.8. The van der Waals surface area contributed by atoms with Crippen LogP contribution in [0.3, 0.4) is 0 Å². The molecule has 0 unspecified atom stereocenters. The molecule has 2 aromatic carbocycles. The summed E-state index contributed by atoms with van der Waals surface area (Å²) in [5.74, 6) is -0.529. The van der Waals surface area contributed by atoms with Crippen molar-refractivity contribution in [3.8, 4) is 0 Å². The van der Waals surface area contributed by atoms with Gasteiger partial charge in [-0.15, -0.1) is 0 Å². The van der Waals surface area contributed by atoms with Gasteiger partial charge in [0.1, 0.15) is 0 Å². The molecule has 0 fully saturated rings. The number of carbonyl (C=O) groups is 1. The van der Waals surface area contributed by atoms with Gasteiger partial charge in [-0.2, -0.15) is 0 Å². The molecule has 0 bridgehead atoms. The predicted octanol–water partition coefficient (Wildman–Crippen LogP) is 3.34. The lowest BCUT2D eigenvalue weighted by atomic mass is 10.1. The van der Waals surface area contributed by atoms with E-state index in [9.17, 15) is 9.90 Å². The highest BCUT2D eigenvalue weighted by Crippen LogP contribution is 2.12. The third kappa shape index (κ3) is 2.82. The van der Waals surface area contributed by atoms with Crippen LogP contribution < -0.4 is 0 Å². The summed E-state index contributed by atoms with van der Waals surface area (Å²) >= 11 is 0. The monoisotopic (exact) mass is 223 g/mol. The predicted molar refractivity (Wildman–Crippen MR) is 65.9 cm³/mol. The largest absolute Gasteiger partial charge is 0.289 e. The van der Waals surface area contributed by atoms with E-state index >= 15 is 0 Å². The van der Waals surface area contributed by atoms with E-state index in [1.165, 1.54) is 0 Å². The molecule has 17 heavy (non-hydrogen) atoms. The lowest BCUT2D eigenvalue weighted by Gasteiger charge is -1.97. The highest BCUT2D eigenvalue weighted by atomic mass is 16.3. The van der Waals surface area contributed by atoms with Gasteiger partial charge in [-0.05, 0) is 0 Å². The third-order valence-corrected chi connectivity index (χ3v) is 2.38. The van der Waals surface area contributed by atoms with Crippen molar-refractivity contribution in [1.29, 1.82) is 0 Å². The fraction of sp³-hybridized carbons (Fsp3) is 0. The Hall–Kier alpha value is -2.35. The molecule has 2 nitrogen and oxygen atoms in total. The summed E-state index contributed by atoms with van der Waals surface area (Å²) in [6.45, 7) is 0. The first kappa shape index (κ1) is 11.1. The first-order valence-electron chi connectivity index (χ1n) is 5.31. The van der Waals surface area contributed by atoms with Gasteiger partial charge >= 0.3 is 0 Å². The van der Waals surface area contributed by atoms with E-state index in [2.05, 4.69) is 0 Å². The lowest BCUT2D eigenvalue weighted by Crippen LogP contribution is -1.95. The summed E-state index contributed by atoms with van der Waals surface area (Å²) in [6.07, 6.45) is 1.13. The van der Waals surface area contributed by atoms with Crippen LogP contribution in [0.2, 0.25) is 0 Å². The molecule has 0 aliphatic carbocycles. The second-order valence-electron chi connectivity index (χ2n) is 3.60. The zero-order chi connectivity index (χ0) is 12.1. The van der Waals surface area contributed by atoms with E-state index < -0.39 is 0 Å². The summed E-state index contributed by atoms with van der Waals surface area (Å²) in [5, 5.41) is 11.8. The molecule has 0 aliphatic heterocycles. The van der Waals surface area contributed by atoms with E-state index in [1.54, 1.807) is 48.5 Å². The molecule has 0 amide bonds. The highest BCUT2D eigenvalue weighted by molar-refractivity contribution is 6.07. The van der Waals surface area contributed by atoms with Crippen LogP contribution >= 0.6 is 0 Å². The molecule has 2 heteroatoms. The average Bonchev–Trinajstić information content (AvgIpc) is 2.40. The van der Waals surface area contributed by atoms with Crippen molar-refractivity contribution in [3.05, 3.63) is 77.9 Å². The van der Waals surface area contributed by atoms with Gasteiger partial charge in [0.2, 0.25) is 0 Å². The van der Waals surface area contributed by atoms with Crippen LogP contribution in [0.25, 0.3) is 5.76 Å². The molecule has 0 N–H and O–H groups in total. The maximum atomic E-state index is 11.8. The second-order valence-corrected chi connectivity index (χ2v) is 3.60. The molecule has 0 heterocycles. The molecule has 83 valence electrons. The van der Waals surface area contributed by atoms with Gasteiger partial charge in [0.15, 0.2) is 11.5 Å². The zero-order valence-electron chi connectivity index (χ0n) is 9.17. The standard InChI is InChI=1S/C15H11O2/c16-14(12-7-3-1-4-8-12)11-15(17)13-9-5-2-6-10-13/h1-11H. The van der Waals surface area contributed by atoms with Gasteiger partial charge in [0.05, 0.1) is 0 Å². The number of benzene rings is 2. The van der Waals surface area contributed by atoms with Crippen molar-refractivity contribution >= 4 is 11.5 Å². The van der Waals surface area contributed by atoms with Crippen LogP contribution in [-0.2, 0) is 5.11 Å². The van der Waals surface area contributed by atoms with Crippen molar-refractivity contribution in [2.24, 2.45) is 0 Å². The van der Waals surface area contributed by atoms with Crippen molar-refractivity contribution in [1.82, 2.24) is 0 Å². The van der Waals surface area contributed by atoms with Crippen LogP contribution in [0.15, 0.2) is 66.7 Å². The molecule has 0 atom stereocenters. The average molecular weight is 223 g/mol. The Morgan fingerprint density at radius 3 is 1.76 bits per heavy atom. The van der Waals surface area contributed by atoms with Crippen LogP contribution in [0, 0.1) is 0 Å². The van der Waals surface area contributed by atoms with E-state index in [0.717, 1.165) is 6.08 Å². The number of rotatable bonds is 3. The van der Waals surface area contributed by atoms with Crippen molar-refractivity contribution in [3.63, 3.8) is 0 Å². The molecule has 0 saturated carbocycles. The second kappa shape index (κ2) is 5.12. The Morgan fingerprint density at radius 2 is 1.24 bits per heavy atom. The minimum atomic E-state index is -0.264. The van der Waals surface area contributed by atoms with Gasteiger partial charge in [-0.25, -0.2) is 0 Å². The quantitative estimate of drug-likeness (QED) is 0.446. The SMILES string of the molecule is [O]C(=CC(=O)c1ccccc1)c1ccccc1. The Balaban J connectivity index is 2.24. The lowest BCUT2D eigenvalue weighted by molar-refractivity contribution is 0.104. The number of carbonyl (C=O) groups excluding carboxylic acids is 1. The molecule has 0 aromatic heterocycles. The number of hydrogen-bond acceptors (Lipinski definition) is 1. The third-order valence-electron chi connectivity index (χ3n) is 2.38. The van der Waals surface area contributed by atoms with Gasteiger partial charge in [-0.3, -0.25) is 9.90 Å². The fourth-order valence-corrected chi connectivity index (χ4v) is 1.49. The topological polar surface area (TPSA) is 37.0 Å². The minimum Gasteiger partial charge on any atom is -0.289 e. The van der Waals surface area contributed by atoms with Crippen LogP contribution in [0.1, 0.15) is 15.9 Å². The highest BCUT2D eigenvalue weighted by Gasteiger charge is 2.06. The Bertz CT molecular complexity index is 527. The molecular formula is C15H11O2. The maximum Gasteiger partial charge on any atom is 0.189 e. The summed E-state index contributed by atoms with van der Waals surface area (Å²) in [5.41, 5.74) is 1.05. The van der Waals surface area contributed by atoms with Crippen molar-refractivity contribution in [2.75, 3.05) is 0 Å². The smallest absolute Gasteiger partial charge is 0.189 e. The Morgan fingerprint density at radius 1 is 0.765 bits per heavy atom. The van der Waals surface area contributed by atoms with Gasteiger partial charge < -0.3 is 0 Å². The molecule has 0 saturated heterocycles. The van der Waals surface area contributed by atoms with Gasteiger partial charge in [0, 0.05) is 17.2 Å². The van der Waals surface area contributed by atoms with E-state index in [-0.39, 0.29) is 11.5 Å².